The normalized spacial score (nSPS) is 12.5. The zero-order valence-electron chi connectivity index (χ0n) is 12.0. The van der Waals surface area contributed by atoms with E-state index >= 15 is 0 Å². The summed E-state index contributed by atoms with van der Waals surface area (Å²) in [6, 6.07) is 16.4. The first kappa shape index (κ1) is 14.0. The molecule has 2 aromatic carbocycles. The number of nitrogens with zero attached hydrogens (tertiary/aromatic N) is 1. The average molecular weight is 298 g/mol. The molecule has 0 radical (unpaired) electrons. The number of fused-ring (bicyclic) bond motifs is 1. The van der Waals surface area contributed by atoms with Crippen LogP contribution in [0.1, 0.15) is 16.5 Å². The monoisotopic (exact) mass is 298 g/mol. The molecule has 0 saturated heterocycles. The van der Waals surface area contributed by atoms with Gasteiger partial charge in [0.15, 0.2) is 0 Å². The summed E-state index contributed by atoms with van der Waals surface area (Å²) in [5, 5.41) is 1.11. The summed E-state index contributed by atoms with van der Waals surface area (Å²) >= 11 is 1.74. The number of hydrogen-bond donors (Lipinski definition) is 1. The maximum absolute atomic E-state index is 5.98. The summed E-state index contributed by atoms with van der Waals surface area (Å²) in [4.78, 5) is 4.73. The molecule has 21 heavy (non-hydrogen) atoms. The minimum Gasteiger partial charge on any atom is -0.497 e. The quantitative estimate of drug-likeness (QED) is 0.783. The van der Waals surface area contributed by atoms with Gasteiger partial charge in [-0.2, -0.15) is 0 Å². The van der Waals surface area contributed by atoms with Crippen LogP contribution in [0.3, 0.4) is 0 Å². The minimum atomic E-state index is 0.245. The van der Waals surface area contributed by atoms with Gasteiger partial charge in [-0.05, 0) is 36.2 Å². The Morgan fingerprint density at radius 2 is 2.05 bits per heavy atom. The summed E-state index contributed by atoms with van der Waals surface area (Å²) in [6.07, 6.45) is 0.882. The van der Waals surface area contributed by atoms with Gasteiger partial charge < -0.3 is 10.5 Å². The molecule has 0 aliphatic carbocycles. The van der Waals surface area contributed by atoms with E-state index in [-0.39, 0.29) is 5.92 Å². The lowest BCUT2D eigenvalue weighted by molar-refractivity contribution is 0.414. The predicted octanol–water partition coefficient (Wildman–Crippen LogP) is 3.59. The van der Waals surface area contributed by atoms with E-state index in [1.54, 1.807) is 18.4 Å². The van der Waals surface area contributed by atoms with Gasteiger partial charge in [0, 0.05) is 12.5 Å². The van der Waals surface area contributed by atoms with Crippen LogP contribution in [0, 0.1) is 0 Å². The van der Waals surface area contributed by atoms with Crippen LogP contribution in [0.25, 0.3) is 10.2 Å². The standard InChI is InChI=1S/C17H18N2OS/c1-20-14-6-4-5-12(10-14)9-13(11-18)17-19-15-7-2-3-8-16(15)21-17/h2-8,10,13H,9,11,18H2,1H3. The van der Waals surface area contributed by atoms with Crippen LogP contribution in [0.4, 0.5) is 0 Å². The summed E-state index contributed by atoms with van der Waals surface area (Å²) in [5.41, 5.74) is 8.26. The Balaban J connectivity index is 1.87. The lowest BCUT2D eigenvalue weighted by Crippen LogP contribution is -2.14. The molecule has 1 unspecified atom stereocenters. The number of nitrogens with two attached hydrogens (primary N) is 1. The SMILES string of the molecule is COc1cccc(CC(CN)c2nc3ccccc3s2)c1. The van der Waals surface area contributed by atoms with E-state index in [0.29, 0.717) is 6.54 Å². The molecular formula is C17H18N2OS. The molecule has 0 aliphatic heterocycles. The molecule has 4 heteroatoms. The van der Waals surface area contributed by atoms with Crippen molar-refractivity contribution in [1.29, 1.82) is 0 Å². The molecule has 1 heterocycles. The van der Waals surface area contributed by atoms with Crippen LogP contribution >= 0.6 is 11.3 Å². The third-order valence-corrected chi connectivity index (χ3v) is 4.76. The molecule has 0 aliphatic rings. The Hall–Kier alpha value is -1.91. The van der Waals surface area contributed by atoms with E-state index in [2.05, 4.69) is 24.3 Å². The molecule has 0 fully saturated rings. The average Bonchev–Trinajstić information content (AvgIpc) is 2.96. The number of methoxy groups -OCH3 is 1. The van der Waals surface area contributed by atoms with Gasteiger partial charge in [0.25, 0.3) is 0 Å². The van der Waals surface area contributed by atoms with Crippen molar-refractivity contribution in [2.24, 2.45) is 5.73 Å². The topological polar surface area (TPSA) is 48.1 Å². The molecule has 0 amide bonds. The van der Waals surface area contributed by atoms with Crippen LogP contribution in [0.2, 0.25) is 0 Å². The Morgan fingerprint density at radius 3 is 2.81 bits per heavy atom. The fourth-order valence-electron chi connectivity index (χ4n) is 2.42. The van der Waals surface area contributed by atoms with Crippen LogP contribution in [0.5, 0.6) is 5.75 Å². The fourth-order valence-corrected chi connectivity index (χ4v) is 3.50. The first-order valence-corrected chi connectivity index (χ1v) is 7.80. The highest BCUT2D eigenvalue weighted by Gasteiger charge is 2.15. The summed E-state index contributed by atoms with van der Waals surface area (Å²) in [7, 11) is 1.69. The van der Waals surface area contributed by atoms with Crippen molar-refractivity contribution < 1.29 is 4.74 Å². The van der Waals surface area contributed by atoms with E-state index in [0.717, 1.165) is 22.7 Å². The molecule has 1 atom stereocenters. The number of para-hydroxylation sites is 1. The number of aromatic nitrogens is 1. The maximum Gasteiger partial charge on any atom is 0.119 e. The molecule has 2 N–H and O–H groups in total. The minimum absolute atomic E-state index is 0.245. The van der Waals surface area contributed by atoms with E-state index in [1.165, 1.54) is 10.3 Å². The second-order valence-corrected chi connectivity index (χ2v) is 6.07. The van der Waals surface area contributed by atoms with E-state index in [9.17, 15) is 0 Å². The van der Waals surface area contributed by atoms with Crippen LogP contribution in [-0.4, -0.2) is 18.6 Å². The summed E-state index contributed by atoms with van der Waals surface area (Å²) < 4.78 is 6.50. The van der Waals surface area contributed by atoms with E-state index in [4.69, 9.17) is 15.5 Å². The van der Waals surface area contributed by atoms with Gasteiger partial charge in [-0.1, -0.05) is 24.3 Å². The number of benzene rings is 2. The highest BCUT2D eigenvalue weighted by Crippen LogP contribution is 2.29. The highest BCUT2D eigenvalue weighted by molar-refractivity contribution is 7.18. The highest BCUT2D eigenvalue weighted by atomic mass is 32.1. The zero-order chi connectivity index (χ0) is 14.7. The van der Waals surface area contributed by atoms with Crippen LogP contribution in [0.15, 0.2) is 48.5 Å². The van der Waals surface area contributed by atoms with Crippen molar-refractivity contribution in [2.45, 2.75) is 12.3 Å². The van der Waals surface area contributed by atoms with E-state index < -0.39 is 0 Å². The second kappa shape index (κ2) is 6.24. The maximum atomic E-state index is 5.98. The molecule has 0 spiro atoms. The first-order valence-electron chi connectivity index (χ1n) is 6.98. The molecular weight excluding hydrogens is 280 g/mol. The third kappa shape index (κ3) is 3.06. The zero-order valence-corrected chi connectivity index (χ0v) is 12.8. The fraction of sp³-hybridized carbons (Fsp3) is 0.235. The lowest BCUT2D eigenvalue weighted by atomic mass is 10.00. The smallest absolute Gasteiger partial charge is 0.119 e. The van der Waals surface area contributed by atoms with Gasteiger partial charge in [0.05, 0.1) is 22.3 Å². The van der Waals surface area contributed by atoms with Gasteiger partial charge in [-0.3, -0.25) is 0 Å². The van der Waals surface area contributed by atoms with Gasteiger partial charge >= 0.3 is 0 Å². The number of thiazole rings is 1. The Labute approximate surface area is 128 Å². The lowest BCUT2D eigenvalue weighted by Gasteiger charge is -2.12. The number of ether oxygens (including phenoxy) is 1. The molecule has 0 bridgehead atoms. The van der Waals surface area contributed by atoms with Gasteiger partial charge in [0.1, 0.15) is 5.75 Å². The molecule has 1 aromatic heterocycles. The Kier molecular flexibility index (Phi) is 4.18. The molecule has 3 nitrogen and oxygen atoms in total. The van der Waals surface area contributed by atoms with E-state index in [1.807, 2.05) is 24.3 Å². The molecule has 108 valence electrons. The largest absolute Gasteiger partial charge is 0.497 e. The number of rotatable bonds is 5. The summed E-state index contributed by atoms with van der Waals surface area (Å²) in [6.45, 7) is 0.594. The second-order valence-electron chi connectivity index (χ2n) is 5.01. The van der Waals surface area contributed by atoms with Crippen molar-refractivity contribution in [3.8, 4) is 5.75 Å². The van der Waals surface area contributed by atoms with Gasteiger partial charge in [-0.25, -0.2) is 4.98 Å². The van der Waals surface area contributed by atoms with Crippen LogP contribution < -0.4 is 10.5 Å². The van der Waals surface area contributed by atoms with Crippen molar-refractivity contribution in [3.05, 3.63) is 59.1 Å². The van der Waals surface area contributed by atoms with Gasteiger partial charge in [-0.15, -0.1) is 11.3 Å². The first-order chi connectivity index (χ1) is 10.3. The van der Waals surface area contributed by atoms with Crippen molar-refractivity contribution in [3.63, 3.8) is 0 Å². The number of hydrogen-bond acceptors (Lipinski definition) is 4. The molecule has 3 rings (SSSR count). The summed E-state index contributed by atoms with van der Waals surface area (Å²) in [5.74, 6) is 1.13. The van der Waals surface area contributed by atoms with Crippen molar-refractivity contribution in [2.75, 3.05) is 13.7 Å². The predicted molar refractivity (Wildman–Crippen MR) is 88.1 cm³/mol. The van der Waals surface area contributed by atoms with Crippen molar-refractivity contribution in [1.82, 2.24) is 4.98 Å². The van der Waals surface area contributed by atoms with Crippen molar-refractivity contribution >= 4 is 21.6 Å². The molecule has 3 aromatic rings. The Bertz CT molecular complexity index is 705. The van der Waals surface area contributed by atoms with Gasteiger partial charge in [0.2, 0.25) is 0 Å². The molecule has 0 saturated carbocycles. The third-order valence-electron chi connectivity index (χ3n) is 3.56. The van der Waals surface area contributed by atoms with Crippen LogP contribution in [-0.2, 0) is 6.42 Å². The Morgan fingerprint density at radius 1 is 1.19 bits per heavy atom.